The van der Waals surface area contributed by atoms with Crippen LogP contribution in [0.5, 0.6) is 0 Å². The molecule has 0 unspecified atom stereocenters. The third-order valence-corrected chi connectivity index (χ3v) is 12.1. The number of hydrogen-bond acceptors (Lipinski definition) is 1. The van der Waals surface area contributed by atoms with Crippen LogP contribution in [0.2, 0.25) is 0 Å². The van der Waals surface area contributed by atoms with Gasteiger partial charge in [-0.3, -0.25) is 0 Å². The Hall–Kier alpha value is -8.00. The zero-order chi connectivity index (χ0) is 40.5. The highest BCUT2D eigenvalue weighted by Gasteiger charge is 2.16. The average molecular weight is 776 g/mol. The van der Waals surface area contributed by atoms with Crippen molar-refractivity contribution in [3.05, 3.63) is 249 Å². The maximum Gasteiger partial charge on any atom is 0.0467 e. The van der Waals surface area contributed by atoms with Gasteiger partial charge in [0.05, 0.1) is 0 Å². The van der Waals surface area contributed by atoms with Gasteiger partial charge in [-0.25, -0.2) is 0 Å². The highest BCUT2D eigenvalue weighted by atomic mass is 15.1. The largest absolute Gasteiger partial charge is 0.310 e. The van der Waals surface area contributed by atoms with Gasteiger partial charge in [0.15, 0.2) is 0 Å². The lowest BCUT2D eigenvalue weighted by Gasteiger charge is -2.27. The van der Waals surface area contributed by atoms with Crippen molar-refractivity contribution in [3.63, 3.8) is 0 Å². The van der Waals surface area contributed by atoms with Crippen LogP contribution in [0, 0.1) is 0 Å². The Balaban J connectivity index is 0.989. The summed E-state index contributed by atoms with van der Waals surface area (Å²) in [7, 11) is 0. The van der Waals surface area contributed by atoms with E-state index in [0.29, 0.717) is 0 Å². The van der Waals surface area contributed by atoms with Crippen LogP contribution in [0.15, 0.2) is 249 Å². The van der Waals surface area contributed by atoms with Crippen LogP contribution in [-0.4, -0.2) is 0 Å². The highest BCUT2D eigenvalue weighted by Crippen LogP contribution is 2.40. The quantitative estimate of drug-likeness (QED) is 0.139. The van der Waals surface area contributed by atoms with Gasteiger partial charge in [-0.1, -0.05) is 206 Å². The zero-order valence-electron chi connectivity index (χ0n) is 33.6. The summed E-state index contributed by atoms with van der Waals surface area (Å²) in [5.41, 5.74) is 15.2. The van der Waals surface area contributed by atoms with Crippen LogP contribution in [-0.2, 0) is 0 Å². The van der Waals surface area contributed by atoms with E-state index in [1.54, 1.807) is 0 Å². The Labute approximate surface area is 357 Å². The van der Waals surface area contributed by atoms with E-state index in [0.717, 1.165) is 17.1 Å². The number of benzene rings is 11. The molecule has 11 aromatic carbocycles. The summed E-state index contributed by atoms with van der Waals surface area (Å²) in [6.07, 6.45) is 0. The molecule has 0 aliphatic heterocycles. The van der Waals surface area contributed by atoms with Crippen LogP contribution in [0.1, 0.15) is 0 Å². The van der Waals surface area contributed by atoms with E-state index in [4.69, 9.17) is 0 Å². The third kappa shape index (κ3) is 7.03. The predicted molar refractivity (Wildman–Crippen MR) is 261 cm³/mol. The molecule has 0 atom stereocenters. The summed E-state index contributed by atoms with van der Waals surface area (Å²) >= 11 is 0. The lowest BCUT2D eigenvalue weighted by molar-refractivity contribution is 1.28. The Bertz CT molecular complexity index is 3310. The van der Waals surface area contributed by atoms with Gasteiger partial charge in [-0.15, -0.1) is 0 Å². The molecule has 0 radical (unpaired) electrons. The van der Waals surface area contributed by atoms with Crippen LogP contribution in [0.4, 0.5) is 17.1 Å². The molecule has 286 valence electrons. The molecule has 0 saturated heterocycles. The smallest absolute Gasteiger partial charge is 0.0467 e. The molecule has 0 aliphatic rings. The molecule has 0 heterocycles. The van der Waals surface area contributed by atoms with Crippen molar-refractivity contribution in [2.24, 2.45) is 0 Å². The molecule has 0 amide bonds. The number of hydrogen-bond donors (Lipinski definition) is 0. The van der Waals surface area contributed by atoms with Crippen molar-refractivity contribution in [1.82, 2.24) is 0 Å². The second kappa shape index (κ2) is 15.6. The van der Waals surface area contributed by atoms with E-state index in [1.165, 1.54) is 88.0 Å². The summed E-state index contributed by atoms with van der Waals surface area (Å²) < 4.78 is 0. The number of rotatable bonds is 8. The van der Waals surface area contributed by atoms with Gasteiger partial charge in [0, 0.05) is 17.1 Å². The first-order chi connectivity index (χ1) is 30.2. The molecule has 0 aliphatic carbocycles. The van der Waals surface area contributed by atoms with Gasteiger partial charge < -0.3 is 4.90 Å². The molecule has 1 nitrogen and oxygen atoms in total. The molecule has 11 rings (SSSR count). The molecule has 1 heteroatoms. The van der Waals surface area contributed by atoms with Crippen molar-refractivity contribution < 1.29 is 0 Å². The van der Waals surface area contributed by atoms with Gasteiger partial charge in [-0.2, -0.15) is 0 Å². The summed E-state index contributed by atoms with van der Waals surface area (Å²) in [5.74, 6) is 0. The molecular weight excluding hydrogens is 735 g/mol. The Morgan fingerprint density at radius 1 is 0.180 bits per heavy atom. The van der Waals surface area contributed by atoms with E-state index in [9.17, 15) is 0 Å². The molecule has 0 aromatic heterocycles. The molecular formula is C60H41N. The normalized spacial score (nSPS) is 11.3. The lowest BCUT2D eigenvalue weighted by Crippen LogP contribution is -2.10. The van der Waals surface area contributed by atoms with Gasteiger partial charge in [0.25, 0.3) is 0 Å². The van der Waals surface area contributed by atoms with Crippen molar-refractivity contribution in [2.75, 3.05) is 4.90 Å². The van der Waals surface area contributed by atoms with E-state index in [1.807, 2.05) is 0 Å². The van der Waals surface area contributed by atoms with Crippen molar-refractivity contribution in [2.45, 2.75) is 0 Å². The minimum Gasteiger partial charge on any atom is -0.310 e. The summed E-state index contributed by atoms with van der Waals surface area (Å²) in [5, 5.41) is 7.62. The first kappa shape index (κ1) is 36.1. The first-order valence-electron chi connectivity index (χ1n) is 21.0. The second-order valence-corrected chi connectivity index (χ2v) is 15.8. The maximum atomic E-state index is 2.39. The Morgan fingerprint density at radius 2 is 0.541 bits per heavy atom. The van der Waals surface area contributed by atoms with E-state index < -0.39 is 0 Å². The van der Waals surface area contributed by atoms with Crippen LogP contribution in [0.3, 0.4) is 0 Å². The molecule has 0 N–H and O–H groups in total. The van der Waals surface area contributed by atoms with Crippen LogP contribution < -0.4 is 4.90 Å². The van der Waals surface area contributed by atoms with Gasteiger partial charge in [0.1, 0.15) is 0 Å². The highest BCUT2D eigenvalue weighted by molar-refractivity contribution is 6.17. The minimum atomic E-state index is 1.09. The molecule has 0 bridgehead atoms. The fourth-order valence-electron chi connectivity index (χ4n) is 8.87. The maximum absolute atomic E-state index is 2.39. The lowest BCUT2D eigenvalue weighted by atomic mass is 9.94. The number of nitrogens with zero attached hydrogens (tertiary/aromatic N) is 1. The standard InChI is InChI=1S/C60H41N/c1-3-11-42(12-4-1)44-21-23-46(24-22-44)47-31-35-54(36-32-47)61(55-18-9-16-51(39-55)48-27-25-45(26-28-48)43-13-5-2-6-14-43)56-19-10-17-52(40-56)53-30-29-50-34-37-58-57-20-8-7-15-49(57)33-38-59(58)60(50)41-53/h1-41H. The summed E-state index contributed by atoms with van der Waals surface area (Å²) in [6, 6.07) is 90.4. The monoisotopic (exact) mass is 775 g/mol. The van der Waals surface area contributed by atoms with Crippen molar-refractivity contribution >= 4 is 49.4 Å². The van der Waals surface area contributed by atoms with Gasteiger partial charge >= 0.3 is 0 Å². The minimum absolute atomic E-state index is 1.09. The molecule has 11 aromatic rings. The van der Waals surface area contributed by atoms with E-state index in [-0.39, 0.29) is 0 Å². The van der Waals surface area contributed by atoms with Crippen LogP contribution in [0.25, 0.3) is 88.0 Å². The molecule has 61 heavy (non-hydrogen) atoms. The van der Waals surface area contributed by atoms with Crippen molar-refractivity contribution in [1.29, 1.82) is 0 Å². The number of anilines is 3. The molecule has 0 spiro atoms. The van der Waals surface area contributed by atoms with Crippen LogP contribution >= 0.6 is 0 Å². The SMILES string of the molecule is c1ccc(-c2ccc(-c3ccc(N(c4cccc(-c5ccc(-c6ccccc6)cc5)c4)c4cccc(-c5ccc6ccc7c8ccccc8ccc7c6c5)c4)cc3)cc2)cc1. The Kier molecular flexibility index (Phi) is 9.26. The third-order valence-electron chi connectivity index (χ3n) is 12.1. The number of fused-ring (bicyclic) bond motifs is 5. The molecule has 0 fully saturated rings. The Morgan fingerprint density at radius 3 is 1.10 bits per heavy atom. The van der Waals surface area contributed by atoms with Crippen molar-refractivity contribution in [3.8, 4) is 55.6 Å². The fraction of sp³-hybridized carbons (Fsp3) is 0. The van der Waals surface area contributed by atoms with E-state index in [2.05, 4.69) is 254 Å². The topological polar surface area (TPSA) is 3.24 Å². The summed E-state index contributed by atoms with van der Waals surface area (Å²) in [6.45, 7) is 0. The fourth-order valence-corrected chi connectivity index (χ4v) is 8.87. The predicted octanol–water partition coefficient (Wildman–Crippen LogP) is 17.0. The first-order valence-corrected chi connectivity index (χ1v) is 21.0. The van der Waals surface area contributed by atoms with E-state index >= 15 is 0 Å². The second-order valence-electron chi connectivity index (χ2n) is 15.8. The molecule has 0 saturated carbocycles. The van der Waals surface area contributed by atoms with Gasteiger partial charge in [-0.05, 0) is 130 Å². The summed E-state index contributed by atoms with van der Waals surface area (Å²) in [4.78, 5) is 2.39. The zero-order valence-corrected chi connectivity index (χ0v) is 33.6. The van der Waals surface area contributed by atoms with Gasteiger partial charge in [0.2, 0.25) is 0 Å². The average Bonchev–Trinajstić information content (AvgIpc) is 3.35.